The molecule has 1 aromatic heterocycles. The molecule has 1 N–H and O–H groups in total. The normalized spacial score (nSPS) is 16.1. The first kappa shape index (κ1) is 19.4. The first-order chi connectivity index (χ1) is 13.0. The number of nitriles is 1. The zero-order valence-electron chi connectivity index (χ0n) is 14.7. The Hall–Kier alpha value is -2.36. The van der Waals surface area contributed by atoms with E-state index in [4.69, 9.17) is 16.3 Å². The van der Waals surface area contributed by atoms with Crippen molar-refractivity contribution in [3.8, 4) is 6.07 Å². The summed E-state index contributed by atoms with van der Waals surface area (Å²) in [7, 11) is 0. The number of carbonyl (C=O) groups is 2. The topological polar surface area (TPSA) is 79.2 Å². The van der Waals surface area contributed by atoms with Gasteiger partial charge in [0.25, 0.3) is 5.91 Å². The molecule has 1 saturated carbocycles. The minimum absolute atomic E-state index is 0.410. The number of esters is 1. The van der Waals surface area contributed by atoms with Gasteiger partial charge in [-0.2, -0.15) is 5.26 Å². The molecule has 1 fully saturated rings. The first-order valence-corrected chi connectivity index (χ1v) is 9.97. The Labute approximate surface area is 166 Å². The molecule has 5 nitrogen and oxygen atoms in total. The number of halogens is 1. The average Bonchev–Trinajstić information content (AvgIpc) is 3.01. The third-order valence-corrected chi connectivity index (χ3v) is 6.23. The summed E-state index contributed by atoms with van der Waals surface area (Å²) in [6, 6.07) is 9.91. The maximum absolute atomic E-state index is 12.0. The molecule has 1 aliphatic rings. The fourth-order valence-corrected chi connectivity index (χ4v) is 4.59. The summed E-state index contributed by atoms with van der Waals surface area (Å²) in [5, 5.41) is 13.6. The van der Waals surface area contributed by atoms with Gasteiger partial charge in [-0.25, -0.2) is 4.79 Å². The van der Waals surface area contributed by atoms with Crippen LogP contribution in [0.5, 0.6) is 0 Å². The Morgan fingerprint density at radius 2 is 2.04 bits per heavy atom. The van der Waals surface area contributed by atoms with Gasteiger partial charge in [-0.05, 0) is 25.0 Å². The highest BCUT2D eigenvalue weighted by Gasteiger charge is 2.33. The molecule has 1 aliphatic carbocycles. The number of benzene rings is 1. The van der Waals surface area contributed by atoms with Crippen molar-refractivity contribution < 1.29 is 14.3 Å². The SMILES string of the molecule is N#CC1(NC(=O)COC(=O)/C=C/c2sc3ccccc3c2Cl)CCCCC1. The molecule has 7 heteroatoms. The highest BCUT2D eigenvalue weighted by atomic mass is 35.5. The molecular formula is C20H19ClN2O3S. The van der Waals surface area contributed by atoms with E-state index in [0.717, 1.165) is 34.2 Å². The number of hydrogen-bond acceptors (Lipinski definition) is 5. The molecular weight excluding hydrogens is 384 g/mol. The summed E-state index contributed by atoms with van der Waals surface area (Å²) in [5.74, 6) is -1.09. The van der Waals surface area contributed by atoms with Crippen molar-refractivity contribution in [2.75, 3.05) is 6.61 Å². The zero-order valence-corrected chi connectivity index (χ0v) is 16.2. The van der Waals surface area contributed by atoms with E-state index in [1.165, 1.54) is 17.4 Å². The van der Waals surface area contributed by atoms with Crippen LogP contribution in [0.1, 0.15) is 37.0 Å². The van der Waals surface area contributed by atoms with Crippen LogP contribution in [0.2, 0.25) is 5.02 Å². The number of carbonyl (C=O) groups excluding carboxylic acids is 2. The van der Waals surface area contributed by atoms with E-state index in [1.54, 1.807) is 6.08 Å². The number of ether oxygens (including phenoxy) is 1. The van der Waals surface area contributed by atoms with Crippen LogP contribution in [0.4, 0.5) is 0 Å². The second kappa shape index (κ2) is 8.55. The van der Waals surface area contributed by atoms with Crippen molar-refractivity contribution in [3.63, 3.8) is 0 Å². The fraction of sp³-hybridized carbons (Fsp3) is 0.350. The summed E-state index contributed by atoms with van der Waals surface area (Å²) in [6.45, 7) is -0.410. The summed E-state index contributed by atoms with van der Waals surface area (Å²) in [6.07, 6.45) is 6.99. The molecule has 1 aromatic carbocycles. The van der Waals surface area contributed by atoms with Crippen LogP contribution < -0.4 is 5.32 Å². The number of hydrogen-bond donors (Lipinski definition) is 1. The van der Waals surface area contributed by atoms with Crippen molar-refractivity contribution in [2.45, 2.75) is 37.6 Å². The molecule has 1 amide bonds. The molecule has 3 rings (SSSR count). The van der Waals surface area contributed by atoms with E-state index in [2.05, 4.69) is 11.4 Å². The van der Waals surface area contributed by atoms with Crippen LogP contribution >= 0.6 is 22.9 Å². The van der Waals surface area contributed by atoms with E-state index in [1.807, 2.05) is 24.3 Å². The lowest BCUT2D eigenvalue weighted by molar-refractivity contribution is -0.144. The molecule has 0 spiro atoms. The summed E-state index contributed by atoms with van der Waals surface area (Å²) >= 11 is 7.79. The van der Waals surface area contributed by atoms with Gasteiger partial charge in [0.1, 0.15) is 5.54 Å². The van der Waals surface area contributed by atoms with Crippen molar-refractivity contribution in [2.24, 2.45) is 0 Å². The van der Waals surface area contributed by atoms with Crippen LogP contribution in [0, 0.1) is 11.3 Å². The van der Waals surface area contributed by atoms with E-state index in [-0.39, 0.29) is 0 Å². The smallest absolute Gasteiger partial charge is 0.331 e. The number of thiophene rings is 1. The van der Waals surface area contributed by atoms with Gasteiger partial charge < -0.3 is 10.1 Å². The van der Waals surface area contributed by atoms with Crippen molar-refractivity contribution in [1.82, 2.24) is 5.32 Å². The molecule has 1 heterocycles. The average molecular weight is 403 g/mol. The Kier molecular flexibility index (Phi) is 6.15. The maximum atomic E-state index is 12.0. The number of rotatable bonds is 5. The lowest BCUT2D eigenvalue weighted by atomic mass is 9.83. The maximum Gasteiger partial charge on any atom is 0.331 e. The molecule has 0 unspecified atom stereocenters. The van der Waals surface area contributed by atoms with Gasteiger partial charge in [0, 0.05) is 21.0 Å². The first-order valence-electron chi connectivity index (χ1n) is 8.77. The van der Waals surface area contributed by atoms with Gasteiger partial charge in [-0.15, -0.1) is 11.3 Å². The standard InChI is InChI=1S/C20H19ClN2O3S/c21-19-14-6-2-3-7-15(14)27-16(19)8-9-18(25)26-12-17(24)23-20(13-22)10-4-1-5-11-20/h2-3,6-9H,1,4-5,10-12H2,(H,23,24)/b9-8+. The molecule has 0 radical (unpaired) electrons. The van der Waals surface area contributed by atoms with Gasteiger partial charge in [-0.1, -0.05) is 49.1 Å². The summed E-state index contributed by atoms with van der Waals surface area (Å²) in [5.41, 5.74) is -0.831. The van der Waals surface area contributed by atoms with Gasteiger partial charge in [-0.3, -0.25) is 4.79 Å². The van der Waals surface area contributed by atoms with Gasteiger partial charge >= 0.3 is 5.97 Å². The van der Waals surface area contributed by atoms with E-state index in [9.17, 15) is 14.9 Å². The second-order valence-electron chi connectivity index (χ2n) is 6.52. The molecule has 0 bridgehead atoms. The van der Waals surface area contributed by atoms with E-state index < -0.39 is 24.0 Å². The third-order valence-electron chi connectivity index (χ3n) is 4.58. The minimum Gasteiger partial charge on any atom is -0.452 e. The predicted molar refractivity (Wildman–Crippen MR) is 106 cm³/mol. The molecule has 0 atom stereocenters. The quantitative estimate of drug-likeness (QED) is 0.591. The van der Waals surface area contributed by atoms with Crippen LogP contribution in [0.25, 0.3) is 16.2 Å². The van der Waals surface area contributed by atoms with Crippen molar-refractivity contribution >= 4 is 51.0 Å². The lowest BCUT2D eigenvalue weighted by Crippen LogP contribution is -2.49. The molecule has 27 heavy (non-hydrogen) atoms. The molecule has 2 aromatic rings. The third kappa shape index (κ3) is 4.68. The highest BCUT2D eigenvalue weighted by molar-refractivity contribution is 7.20. The number of nitrogens with zero attached hydrogens (tertiary/aromatic N) is 1. The van der Waals surface area contributed by atoms with Crippen LogP contribution in [-0.4, -0.2) is 24.0 Å². The van der Waals surface area contributed by atoms with Crippen molar-refractivity contribution in [1.29, 1.82) is 5.26 Å². The number of amides is 1. The van der Waals surface area contributed by atoms with Crippen LogP contribution in [0.15, 0.2) is 30.3 Å². The Balaban J connectivity index is 1.54. The van der Waals surface area contributed by atoms with E-state index >= 15 is 0 Å². The minimum atomic E-state index is -0.831. The lowest BCUT2D eigenvalue weighted by Gasteiger charge is -2.31. The molecule has 0 saturated heterocycles. The molecule has 140 valence electrons. The zero-order chi connectivity index (χ0) is 19.3. The predicted octanol–water partition coefficient (Wildman–Crippen LogP) is 4.45. The van der Waals surface area contributed by atoms with Crippen molar-refractivity contribution in [3.05, 3.63) is 40.2 Å². The number of nitrogens with one attached hydrogen (secondary N) is 1. The Morgan fingerprint density at radius 3 is 2.74 bits per heavy atom. The van der Waals surface area contributed by atoms with Gasteiger partial charge in [0.2, 0.25) is 0 Å². The largest absolute Gasteiger partial charge is 0.452 e. The Morgan fingerprint density at radius 1 is 1.30 bits per heavy atom. The van der Waals surface area contributed by atoms with Gasteiger partial charge in [0.15, 0.2) is 6.61 Å². The van der Waals surface area contributed by atoms with E-state index in [0.29, 0.717) is 17.9 Å². The highest BCUT2D eigenvalue weighted by Crippen LogP contribution is 2.35. The summed E-state index contributed by atoms with van der Waals surface area (Å²) in [4.78, 5) is 24.7. The van der Waals surface area contributed by atoms with Crippen LogP contribution in [0.3, 0.4) is 0 Å². The fourth-order valence-electron chi connectivity index (χ4n) is 3.19. The van der Waals surface area contributed by atoms with Gasteiger partial charge in [0.05, 0.1) is 11.1 Å². The Bertz CT molecular complexity index is 923. The number of fused-ring (bicyclic) bond motifs is 1. The van der Waals surface area contributed by atoms with Crippen LogP contribution in [-0.2, 0) is 14.3 Å². The molecule has 0 aliphatic heterocycles. The monoisotopic (exact) mass is 402 g/mol. The summed E-state index contributed by atoms with van der Waals surface area (Å²) < 4.78 is 6.02. The second-order valence-corrected chi connectivity index (χ2v) is 7.98.